The highest BCUT2D eigenvalue weighted by Gasteiger charge is 2.14. The Bertz CT molecular complexity index is 724. The van der Waals surface area contributed by atoms with E-state index in [-0.39, 0.29) is 24.6 Å². The molecule has 2 heterocycles. The Morgan fingerprint density at radius 3 is 2.71 bits per heavy atom. The average Bonchev–Trinajstić information content (AvgIpc) is 2.96. The van der Waals surface area contributed by atoms with Gasteiger partial charge in [-0.05, 0) is 33.3 Å². The molecule has 1 N–H and O–H groups in total. The number of carbonyl (C=O) groups excluding carboxylic acids is 2. The predicted molar refractivity (Wildman–Crippen MR) is 90.7 cm³/mol. The molecular formula is C17H24N4O3. The van der Waals surface area contributed by atoms with Crippen molar-refractivity contribution >= 4 is 22.9 Å². The van der Waals surface area contributed by atoms with Crippen molar-refractivity contribution in [2.24, 2.45) is 0 Å². The summed E-state index contributed by atoms with van der Waals surface area (Å²) < 4.78 is 6.84. The van der Waals surface area contributed by atoms with Crippen LogP contribution in [0, 0.1) is 0 Å². The fourth-order valence-electron chi connectivity index (χ4n) is 2.47. The van der Waals surface area contributed by atoms with Crippen LogP contribution in [0.4, 0.5) is 0 Å². The van der Waals surface area contributed by atoms with Crippen molar-refractivity contribution in [1.82, 2.24) is 20.1 Å². The van der Waals surface area contributed by atoms with Crippen molar-refractivity contribution in [2.45, 2.75) is 52.6 Å². The number of fused-ring (bicyclic) bond motifs is 1. The first-order chi connectivity index (χ1) is 11.4. The maximum atomic E-state index is 12.1. The third-order valence-electron chi connectivity index (χ3n) is 3.62. The molecule has 0 aromatic carbocycles. The summed E-state index contributed by atoms with van der Waals surface area (Å²) in [6, 6.07) is 1.93. The van der Waals surface area contributed by atoms with Gasteiger partial charge in [0.15, 0.2) is 12.3 Å². The number of ether oxygens (including phenoxy) is 1. The third-order valence-corrected chi connectivity index (χ3v) is 3.62. The highest BCUT2D eigenvalue weighted by Crippen LogP contribution is 2.17. The van der Waals surface area contributed by atoms with Crippen molar-refractivity contribution in [2.75, 3.05) is 6.61 Å². The van der Waals surface area contributed by atoms with E-state index in [0.717, 1.165) is 18.2 Å². The monoisotopic (exact) mass is 332 g/mol. The van der Waals surface area contributed by atoms with E-state index in [1.807, 2.05) is 27.7 Å². The van der Waals surface area contributed by atoms with Gasteiger partial charge in [0.25, 0.3) is 5.91 Å². The maximum absolute atomic E-state index is 12.1. The summed E-state index contributed by atoms with van der Waals surface area (Å²) in [6.07, 6.45) is 4.98. The minimum Gasteiger partial charge on any atom is -0.452 e. The molecule has 0 aliphatic heterocycles. The number of pyridine rings is 1. The molecule has 0 aliphatic rings. The number of amides is 1. The second-order valence-electron chi connectivity index (χ2n) is 6.15. The van der Waals surface area contributed by atoms with Gasteiger partial charge in [0.1, 0.15) is 0 Å². The molecule has 0 radical (unpaired) electrons. The Balaban J connectivity index is 1.97. The number of hydrogen-bond donors (Lipinski definition) is 1. The zero-order valence-electron chi connectivity index (χ0n) is 14.6. The van der Waals surface area contributed by atoms with E-state index in [1.165, 1.54) is 6.20 Å². The molecule has 24 heavy (non-hydrogen) atoms. The molecule has 0 saturated heterocycles. The quantitative estimate of drug-likeness (QED) is 0.787. The summed E-state index contributed by atoms with van der Waals surface area (Å²) in [5, 5.41) is 7.81. The minimum absolute atomic E-state index is 0.0705. The first kappa shape index (κ1) is 17.9. The van der Waals surface area contributed by atoms with Gasteiger partial charge in [0.05, 0.1) is 11.8 Å². The molecule has 7 heteroatoms. The lowest BCUT2D eigenvalue weighted by atomic mass is 10.2. The number of rotatable bonds is 7. The lowest BCUT2D eigenvalue weighted by Crippen LogP contribution is -2.35. The van der Waals surface area contributed by atoms with Crippen LogP contribution in [0.5, 0.6) is 0 Å². The molecule has 0 bridgehead atoms. The molecule has 0 saturated carbocycles. The second kappa shape index (κ2) is 7.90. The van der Waals surface area contributed by atoms with Gasteiger partial charge in [-0.15, -0.1) is 0 Å². The summed E-state index contributed by atoms with van der Waals surface area (Å²) in [4.78, 5) is 28.1. The van der Waals surface area contributed by atoms with Crippen LogP contribution in [0.3, 0.4) is 0 Å². The Kier molecular flexibility index (Phi) is 5.89. The standard InChI is InChI=1S/C17H24N4O3/c1-5-6-12(4)20-15(22)10-24-17(23)14-7-13-9-19-21(11(2)3)16(13)18-8-14/h7-9,11-12H,5-6,10H2,1-4H3,(H,20,22)/t12-/m1/s1. The van der Waals surface area contributed by atoms with E-state index < -0.39 is 5.97 Å². The highest BCUT2D eigenvalue weighted by molar-refractivity contribution is 5.94. The summed E-state index contributed by atoms with van der Waals surface area (Å²) >= 11 is 0. The first-order valence-corrected chi connectivity index (χ1v) is 8.22. The van der Waals surface area contributed by atoms with Crippen LogP contribution in [-0.2, 0) is 9.53 Å². The van der Waals surface area contributed by atoms with Gasteiger partial charge in [-0.2, -0.15) is 5.10 Å². The second-order valence-corrected chi connectivity index (χ2v) is 6.15. The topological polar surface area (TPSA) is 86.1 Å². The normalized spacial score (nSPS) is 12.4. The number of nitrogens with one attached hydrogen (secondary N) is 1. The van der Waals surface area contributed by atoms with E-state index in [2.05, 4.69) is 15.4 Å². The van der Waals surface area contributed by atoms with Crippen LogP contribution in [0.1, 0.15) is 56.9 Å². The highest BCUT2D eigenvalue weighted by atomic mass is 16.5. The van der Waals surface area contributed by atoms with Gasteiger partial charge in [-0.25, -0.2) is 14.5 Å². The molecule has 1 atom stereocenters. The van der Waals surface area contributed by atoms with Crippen molar-refractivity contribution in [3.05, 3.63) is 24.0 Å². The number of carbonyl (C=O) groups is 2. The largest absolute Gasteiger partial charge is 0.452 e. The number of aromatic nitrogens is 3. The third kappa shape index (κ3) is 4.31. The number of esters is 1. The Morgan fingerprint density at radius 1 is 1.29 bits per heavy atom. The average molecular weight is 332 g/mol. The van der Waals surface area contributed by atoms with E-state index in [4.69, 9.17) is 4.74 Å². The summed E-state index contributed by atoms with van der Waals surface area (Å²) in [5.74, 6) is -0.869. The zero-order valence-corrected chi connectivity index (χ0v) is 14.6. The molecule has 0 unspecified atom stereocenters. The van der Waals surface area contributed by atoms with Crippen molar-refractivity contribution < 1.29 is 14.3 Å². The van der Waals surface area contributed by atoms with Crippen LogP contribution in [0.2, 0.25) is 0 Å². The number of hydrogen-bond acceptors (Lipinski definition) is 5. The first-order valence-electron chi connectivity index (χ1n) is 8.22. The van der Waals surface area contributed by atoms with Crippen LogP contribution in [0.15, 0.2) is 18.5 Å². The van der Waals surface area contributed by atoms with Gasteiger partial charge in [-0.1, -0.05) is 13.3 Å². The summed E-state index contributed by atoms with van der Waals surface area (Å²) in [6.45, 7) is 7.69. The molecular weight excluding hydrogens is 308 g/mol. The van der Waals surface area contributed by atoms with Crippen LogP contribution in [0.25, 0.3) is 11.0 Å². The molecule has 0 aliphatic carbocycles. The number of nitrogens with zero attached hydrogens (tertiary/aromatic N) is 3. The van der Waals surface area contributed by atoms with Gasteiger partial charge in [0.2, 0.25) is 0 Å². The molecule has 0 fully saturated rings. The maximum Gasteiger partial charge on any atom is 0.340 e. The van der Waals surface area contributed by atoms with Crippen LogP contribution >= 0.6 is 0 Å². The van der Waals surface area contributed by atoms with E-state index in [0.29, 0.717) is 11.2 Å². The SMILES string of the molecule is CCC[C@@H](C)NC(=O)COC(=O)c1cnc2c(cnn2C(C)C)c1. The van der Waals surface area contributed by atoms with Gasteiger partial charge < -0.3 is 10.1 Å². The van der Waals surface area contributed by atoms with Crippen LogP contribution < -0.4 is 5.32 Å². The lowest BCUT2D eigenvalue weighted by Gasteiger charge is -2.12. The Hall–Kier alpha value is -2.44. The smallest absolute Gasteiger partial charge is 0.340 e. The summed E-state index contributed by atoms with van der Waals surface area (Å²) in [7, 11) is 0. The molecule has 1 amide bonds. The van der Waals surface area contributed by atoms with Gasteiger partial charge >= 0.3 is 5.97 Å². The molecule has 0 spiro atoms. The van der Waals surface area contributed by atoms with Crippen LogP contribution in [-0.4, -0.2) is 39.3 Å². The Labute approximate surface area is 141 Å². The molecule has 2 aromatic rings. The van der Waals surface area contributed by atoms with Gasteiger partial charge in [-0.3, -0.25) is 4.79 Å². The fraction of sp³-hybridized carbons (Fsp3) is 0.529. The fourth-order valence-corrected chi connectivity index (χ4v) is 2.47. The molecule has 130 valence electrons. The zero-order chi connectivity index (χ0) is 17.7. The Morgan fingerprint density at radius 2 is 2.04 bits per heavy atom. The van der Waals surface area contributed by atoms with Crippen molar-refractivity contribution in [3.63, 3.8) is 0 Å². The van der Waals surface area contributed by atoms with Gasteiger partial charge in [0, 0.05) is 23.7 Å². The predicted octanol–water partition coefficient (Wildman–Crippen LogP) is 2.47. The molecule has 2 rings (SSSR count). The van der Waals surface area contributed by atoms with E-state index in [1.54, 1.807) is 16.9 Å². The summed E-state index contributed by atoms with van der Waals surface area (Å²) in [5.41, 5.74) is 1.02. The lowest BCUT2D eigenvalue weighted by molar-refractivity contribution is -0.124. The van der Waals surface area contributed by atoms with Crippen molar-refractivity contribution in [1.29, 1.82) is 0 Å². The van der Waals surface area contributed by atoms with E-state index in [9.17, 15) is 9.59 Å². The molecule has 2 aromatic heterocycles. The molecule has 7 nitrogen and oxygen atoms in total. The van der Waals surface area contributed by atoms with Crippen molar-refractivity contribution in [3.8, 4) is 0 Å². The van der Waals surface area contributed by atoms with E-state index >= 15 is 0 Å². The minimum atomic E-state index is -0.569.